The molecule has 3 aliphatic rings. The van der Waals surface area contributed by atoms with Gasteiger partial charge in [-0.1, -0.05) is 6.07 Å². The van der Waals surface area contributed by atoms with Crippen LogP contribution >= 0.6 is 0 Å². The van der Waals surface area contributed by atoms with Crippen LogP contribution < -0.4 is 15.8 Å². The Morgan fingerprint density at radius 3 is 2.50 bits per heavy atom. The maximum absolute atomic E-state index is 14.4. The van der Waals surface area contributed by atoms with Gasteiger partial charge in [0.15, 0.2) is 11.6 Å². The van der Waals surface area contributed by atoms with E-state index in [1.807, 2.05) is 18.3 Å². The van der Waals surface area contributed by atoms with Crippen LogP contribution in [-0.2, 0) is 4.74 Å². The van der Waals surface area contributed by atoms with Gasteiger partial charge in [-0.15, -0.1) is 0 Å². The van der Waals surface area contributed by atoms with E-state index in [1.165, 1.54) is 25.0 Å². The zero-order chi connectivity index (χ0) is 27.4. The second-order valence-electron chi connectivity index (χ2n) is 11.0. The number of hydrogen-bond donors (Lipinski definition) is 1. The van der Waals surface area contributed by atoms with Gasteiger partial charge in [0.05, 0.1) is 29.1 Å². The summed E-state index contributed by atoms with van der Waals surface area (Å²) in [5.41, 5.74) is 1.32. The Labute approximate surface area is 228 Å². The Hall–Kier alpha value is -4.12. The number of amides is 1. The van der Waals surface area contributed by atoms with Gasteiger partial charge < -0.3 is 15.0 Å². The van der Waals surface area contributed by atoms with Crippen molar-refractivity contribution in [2.24, 2.45) is 5.41 Å². The zero-order valence-corrected chi connectivity index (χ0v) is 21.8. The van der Waals surface area contributed by atoms with E-state index < -0.39 is 28.8 Å². The lowest BCUT2D eigenvalue weighted by atomic mass is 10.1. The first-order valence-corrected chi connectivity index (χ1v) is 13.6. The van der Waals surface area contributed by atoms with Crippen LogP contribution in [0.15, 0.2) is 53.5 Å². The summed E-state index contributed by atoms with van der Waals surface area (Å²) in [6.45, 7) is 3.19. The van der Waals surface area contributed by atoms with Gasteiger partial charge in [0.1, 0.15) is 11.4 Å². The van der Waals surface area contributed by atoms with Gasteiger partial charge in [0.2, 0.25) is 0 Å². The van der Waals surface area contributed by atoms with Crippen molar-refractivity contribution in [1.29, 1.82) is 0 Å². The number of benzene rings is 2. The van der Waals surface area contributed by atoms with Crippen LogP contribution in [0.4, 0.5) is 20.2 Å². The number of carbonyl (C=O) groups is 1. The van der Waals surface area contributed by atoms with Crippen LogP contribution in [0.25, 0.3) is 16.6 Å². The summed E-state index contributed by atoms with van der Waals surface area (Å²) in [5, 5.41) is 12.7. The molecule has 2 aromatic heterocycles. The van der Waals surface area contributed by atoms with Gasteiger partial charge in [-0.3, -0.25) is 14.3 Å². The highest BCUT2D eigenvalue weighted by molar-refractivity contribution is 6.09. The molecule has 7 rings (SSSR count). The van der Waals surface area contributed by atoms with Gasteiger partial charge in [-0.25, -0.2) is 8.78 Å². The molecule has 1 saturated carbocycles. The summed E-state index contributed by atoms with van der Waals surface area (Å²) in [6, 6.07) is 9.67. The molecule has 1 aliphatic carbocycles. The second kappa shape index (κ2) is 9.51. The van der Waals surface area contributed by atoms with E-state index in [9.17, 15) is 18.4 Å². The van der Waals surface area contributed by atoms with Crippen molar-refractivity contribution in [3.63, 3.8) is 0 Å². The van der Waals surface area contributed by atoms with Crippen molar-refractivity contribution in [1.82, 2.24) is 19.6 Å². The summed E-state index contributed by atoms with van der Waals surface area (Å²) < 4.78 is 37.0. The third-order valence-electron chi connectivity index (χ3n) is 8.43. The molecule has 1 amide bonds. The molecule has 0 atom stereocenters. The van der Waals surface area contributed by atoms with E-state index in [1.54, 1.807) is 0 Å². The van der Waals surface area contributed by atoms with Gasteiger partial charge in [-0.2, -0.15) is 14.9 Å². The molecule has 11 heteroatoms. The second-order valence-corrected chi connectivity index (χ2v) is 11.0. The fourth-order valence-corrected chi connectivity index (χ4v) is 6.05. The number of fused-ring (bicyclic) bond motifs is 1. The molecule has 0 radical (unpaired) electrons. The number of carbonyl (C=O) groups excluding carboxylic acids is 1. The maximum atomic E-state index is 14.4. The number of ether oxygens (including phenoxy) is 1. The Morgan fingerprint density at radius 1 is 1.00 bits per heavy atom. The number of anilines is 2. The largest absolute Gasteiger partial charge is 0.381 e. The Balaban J connectivity index is 1.26. The van der Waals surface area contributed by atoms with Gasteiger partial charge in [-0.05, 0) is 67.9 Å². The molecule has 1 spiro atoms. The highest BCUT2D eigenvalue weighted by atomic mass is 19.1. The molecular formula is C29H28F2N6O3. The van der Waals surface area contributed by atoms with Crippen molar-refractivity contribution in [3.8, 4) is 5.69 Å². The molecule has 9 nitrogen and oxygen atoms in total. The fourth-order valence-electron chi connectivity index (χ4n) is 6.05. The molecule has 2 saturated heterocycles. The van der Waals surface area contributed by atoms with Crippen LogP contribution in [0.5, 0.6) is 0 Å². The molecule has 0 bridgehead atoms. The van der Waals surface area contributed by atoms with E-state index in [2.05, 4.69) is 20.0 Å². The average Bonchev–Trinajstić information content (AvgIpc) is 3.38. The van der Waals surface area contributed by atoms with E-state index in [4.69, 9.17) is 9.84 Å². The monoisotopic (exact) mass is 546 g/mol. The van der Waals surface area contributed by atoms with E-state index in [0.29, 0.717) is 29.0 Å². The number of para-hydroxylation sites is 1. The Morgan fingerprint density at radius 2 is 1.77 bits per heavy atom. The zero-order valence-electron chi connectivity index (χ0n) is 21.8. The van der Waals surface area contributed by atoms with E-state index in [-0.39, 0.29) is 11.7 Å². The number of nitrogens with zero attached hydrogens (tertiary/aromatic N) is 5. The standard InChI is InChI=1S/C29H28F2N6O3/c30-20-2-1-3-21(31)27(20)37-25(38)7-5-23(34-37)28(39)33-22-4-6-24-19(16-32-36(24)18-8-14-40-15-9-18)26(22)35-13-12-29(17-35)10-11-29/h1-7,16,18H,8-15,17H2,(H,33,39). The first-order valence-electron chi connectivity index (χ1n) is 13.6. The van der Waals surface area contributed by atoms with Crippen LogP contribution in [0, 0.1) is 17.0 Å². The molecule has 2 aliphatic heterocycles. The topological polar surface area (TPSA) is 94.3 Å². The van der Waals surface area contributed by atoms with E-state index >= 15 is 0 Å². The van der Waals surface area contributed by atoms with Crippen molar-refractivity contribution in [3.05, 3.63) is 76.3 Å². The quantitative estimate of drug-likeness (QED) is 0.398. The van der Waals surface area contributed by atoms with Gasteiger partial charge in [0, 0.05) is 37.8 Å². The normalized spacial score (nSPS) is 18.5. The lowest BCUT2D eigenvalue weighted by Crippen LogP contribution is -2.27. The lowest BCUT2D eigenvalue weighted by molar-refractivity contribution is 0.0675. The molecular weight excluding hydrogens is 518 g/mol. The summed E-state index contributed by atoms with van der Waals surface area (Å²) in [7, 11) is 0. The number of hydrogen-bond acceptors (Lipinski definition) is 6. The molecule has 4 heterocycles. The minimum absolute atomic E-state index is 0.147. The highest BCUT2D eigenvalue weighted by Gasteiger charge is 2.48. The van der Waals surface area contributed by atoms with Crippen molar-refractivity contribution in [2.45, 2.75) is 38.1 Å². The molecule has 0 unspecified atom stereocenters. The number of halogens is 2. The molecule has 206 valence electrons. The fraction of sp³-hybridized carbons (Fsp3) is 0.379. The van der Waals surface area contributed by atoms with Crippen molar-refractivity contribution in [2.75, 3.05) is 36.5 Å². The predicted octanol–water partition coefficient (Wildman–Crippen LogP) is 4.45. The third kappa shape index (κ3) is 4.25. The minimum atomic E-state index is -0.954. The van der Waals surface area contributed by atoms with Crippen LogP contribution in [0.1, 0.15) is 48.6 Å². The van der Waals surface area contributed by atoms with Crippen LogP contribution in [0.3, 0.4) is 0 Å². The molecule has 4 aromatic rings. The van der Waals surface area contributed by atoms with Crippen molar-refractivity contribution < 1.29 is 18.3 Å². The highest BCUT2D eigenvalue weighted by Crippen LogP contribution is 2.54. The molecule has 2 aromatic carbocycles. The van der Waals surface area contributed by atoms with Gasteiger partial charge in [0.25, 0.3) is 11.5 Å². The summed E-state index contributed by atoms with van der Waals surface area (Å²) >= 11 is 0. The molecule has 1 N–H and O–H groups in total. The summed E-state index contributed by atoms with van der Waals surface area (Å²) in [4.78, 5) is 28.2. The SMILES string of the molecule is O=C(Nc1ccc2c(cnn2C2CCOCC2)c1N1CCC2(CC2)C1)c1ccc(=O)n(-c2c(F)cccc2F)n1. The molecule has 3 fully saturated rings. The maximum Gasteiger partial charge on any atom is 0.276 e. The first kappa shape index (κ1) is 24.9. The minimum Gasteiger partial charge on any atom is -0.381 e. The summed E-state index contributed by atoms with van der Waals surface area (Å²) in [5.74, 6) is -2.50. The predicted molar refractivity (Wildman–Crippen MR) is 145 cm³/mol. The average molecular weight is 547 g/mol. The van der Waals surface area contributed by atoms with Crippen LogP contribution in [0.2, 0.25) is 0 Å². The number of rotatable bonds is 5. The third-order valence-corrected chi connectivity index (χ3v) is 8.43. The smallest absolute Gasteiger partial charge is 0.276 e. The van der Waals surface area contributed by atoms with Crippen LogP contribution in [-0.4, -0.2) is 51.8 Å². The van der Waals surface area contributed by atoms with Crippen molar-refractivity contribution >= 4 is 28.2 Å². The Bertz CT molecular complexity index is 1670. The number of aromatic nitrogens is 4. The lowest BCUT2D eigenvalue weighted by Gasteiger charge is -2.25. The van der Waals surface area contributed by atoms with Gasteiger partial charge >= 0.3 is 0 Å². The Kier molecular flexibility index (Phi) is 5.92. The first-order chi connectivity index (χ1) is 19.4. The van der Waals surface area contributed by atoms with E-state index in [0.717, 1.165) is 67.1 Å². The molecule has 40 heavy (non-hydrogen) atoms. The number of nitrogens with one attached hydrogen (secondary N) is 1. The summed E-state index contributed by atoms with van der Waals surface area (Å²) in [6.07, 6.45) is 7.17.